The fourth-order valence-corrected chi connectivity index (χ4v) is 4.96. The van der Waals surface area contributed by atoms with Crippen molar-refractivity contribution in [3.05, 3.63) is 117 Å². The van der Waals surface area contributed by atoms with Crippen molar-refractivity contribution in [3.63, 3.8) is 0 Å². The minimum atomic E-state index is -0.676. The molecule has 0 N–H and O–H groups in total. The SMILES string of the molecule is COC(=O)c1c(-c2cc(OC)c(Cl)c(OC)c2)c2ccc(OCc3ccccc3)cc2c(=O)n1Cc1ccncc1. The summed E-state index contributed by atoms with van der Waals surface area (Å²) in [6.45, 7) is 0.432. The lowest BCUT2D eigenvalue weighted by Crippen LogP contribution is -2.28. The molecule has 0 aliphatic carbocycles. The molecule has 0 atom stereocenters. The molecule has 208 valence electrons. The number of fused-ring (bicyclic) bond motifs is 1. The van der Waals surface area contributed by atoms with E-state index < -0.39 is 5.97 Å². The van der Waals surface area contributed by atoms with Crippen molar-refractivity contribution in [1.29, 1.82) is 0 Å². The van der Waals surface area contributed by atoms with Crippen LogP contribution in [0, 0.1) is 0 Å². The van der Waals surface area contributed by atoms with Gasteiger partial charge in [0.1, 0.15) is 34.6 Å². The Balaban J connectivity index is 1.79. The number of benzene rings is 3. The molecule has 0 radical (unpaired) electrons. The second-order valence-corrected chi connectivity index (χ2v) is 9.52. The molecular formula is C32H27ClN2O6. The van der Waals surface area contributed by atoms with Gasteiger partial charge in [0.05, 0.1) is 33.3 Å². The number of methoxy groups -OCH3 is 3. The zero-order valence-corrected chi connectivity index (χ0v) is 23.5. The fourth-order valence-electron chi connectivity index (χ4n) is 4.69. The van der Waals surface area contributed by atoms with Crippen molar-refractivity contribution in [2.45, 2.75) is 13.2 Å². The number of hydrogen-bond donors (Lipinski definition) is 0. The molecule has 0 bridgehead atoms. The third kappa shape index (κ3) is 5.60. The molecule has 0 saturated carbocycles. The molecule has 0 aliphatic rings. The Bertz CT molecular complexity index is 1750. The number of rotatable bonds is 9. The van der Waals surface area contributed by atoms with Crippen LogP contribution in [0.25, 0.3) is 21.9 Å². The van der Waals surface area contributed by atoms with E-state index in [0.717, 1.165) is 11.1 Å². The standard InChI is InChI=1S/C32H27ClN2O6/c1-38-26-15-22(16-27(39-2)29(26)33)28-24-10-9-23(41-19-21-7-5-4-6-8-21)17-25(24)31(36)35(30(28)32(37)40-3)18-20-11-13-34-14-12-20/h4-17H,18-19H2,1-3H3. The molecule has 8 nitrogen and oxygen atoms in total. The molecule has 5 aromatic rings. The highest BCUT2D eigenvalue weighted by Gasteiger charge is 2.26. The van der Waals surface area contributed by atoms with Gasteiger partial charge in [-0.2, -0.15) is 0 Å². The van der Waals surface area contributed by atoms with E-state index >= 15 is 0 Å². The molecule has 0 saturated heterocycles. The monoisotopic (exact) mass is 570 g/mol. The maximum absolute atomic E-state index is 14.1. The van der Waals surface area contributed by atoms with Crippen molar-refractivity contribution >= 4 is 28.3 Å². The number of nitrogens with zero attached hydrogens (tertiary/aromatic N) is 2. The van der Waals surface area contributed by atoms with Crippen molar-refractivity contribution in [1.82, 2.24) is 9.55 Å². The number of carbonyl (C=O) groups is 1. The van der Waals surface area contributed by atoms with Crippen LogP contribution in [0.5, 0.6) is 17.2 Å². The third-order valence-electron chi connectivity index (χ3n) is 6.69. The largest absolute Gasteiger partial charge is 0.495 e. The highest BCUT2D eigenvalue weighted by Crippen LogP contribution is 2.42. The normalized spacial score (nSPS) is 10.8. The minimum Gasteiger partial charge on any atom is -0.495 e. The smallest absolute Gasteiger partial charge is 0.355 e. The second kappa shape index (κ2) is 12.1. The Hall–Kier alpha value is -4.82. The topological polar surface area (TPSA) is 88.9 Å². The van der Waals surface area contributed by atoms with Gasteiger partial charge >= 0.3 is 5.97 Å². The van der Waals surface area contributed by atoms with Gasteiger partial charge in [-0.15, -0.1) is 0 Å². The van der Waals surface area contributed by atoms with Gasteiger partial charge in [-0.05, 0) is 64.5 Å². The Morgan fingerprint density at radius 3 is 2.17 bits per heavy atom. The van der Waals surface area contributed by atoms with E-state index in [1.54, 1.807) is 54.9 Å². The maximum atomic E-state index is 14.1. The summed E-state index contributed by atoms with van der Waals surface area (Å²) < 4.78 is 23.7. The summed E-state index contributed by atoms with van der Waals surface area (Å²) in [4.78, 5) is 31.6. The van der Waals surface area contributed by atoms with Crippen LogP contribution in [0.1, 0.15) is 21.6 Å². The summed E-state index contributed by atoms with van der Waals surface area (Å²) >= 11 is 6.47. The Labute approximate surface area is 241 Å². The van der Waals surface area contributed by atoms with E-state index in [1.165, 1.54) is 25.9 Å². The third-order valence-corrected chi connectivity index (χ3v) is 7.07. The highest BCUT2D eigenvalue weighted by atomic mass is 35.5. The van der Waals surface area contributed by atoms with Gasteiger partial charge in [0, 0.05) is 18.0 Å². The first-order valence-corrected chi connectivity index (χ1v) is 13.1. The van der Waals surface area contributed by atoms with E-state index in [9.17, 15) is 9.59 Å². The Morgan fingerprint density at radius 2 is 1.54 bits per heavy atom. The molecule has 9 heteroatoms. The average Bonchev–Trinajstić information content (AvgIpc) is 3.02. The molecule has 3 aromatic carbocycles. The zero-order chi connectivity index (χ0) is 28.9. The van der Waals surface area contributed by atoms with Crippen molar-refractivity contribution in [2.24, 2.45) is 0 Å². The van der Waals surface area contributed by atoms with Crippen LogP contribution in [0.15, 0.2) is 90.0 Å². The lowest BCUT2D eigenvalue weighted by molar-refractivity contribution is 0.0588. The number of aromatic nitrogens is 2. The first-order chi connectivity index (χ1) is 19.9. The van der Waals surface area contributed by atoms with Gasteiger partial charge in [-0.25, -0.2) is 4.79 Å². The lowest BCUT2D eigenvalue weighted by Gasteiger charge is -2.20. The molecule has 5 rings (SSSR count). The molecule has 0 aliphatic heterocycles. The predicted molar refractivity (Wildman–Crippen MR) is 157 cm³/mol. The summed E-state index contributed by atoms with van der Waals surface area (Å²) in [7, 11) is 4.26. The van der Waals surface area contributed by atoms with Gasteiger partial charge in [0.25, 0.3) is 5.56 Å². The first kappa shape index (κ1) is 27.7. The number of halogens is 1. The second-order valence-electron chi connectivity index (χ2n) is 9.14. The number of carbonyl (C=O) groups excluding carboxylic acids is 1. The summed E-state index contributed by atoms with van der Waals surface area (Å²) in [5.41, 5.74) is 2.48. The predicted octanol–water partition coefficient (Wildman–Crippen LogP) is 6.15. The average molecular weight is 571 g/mol. The molecule has 0 fully saturated rings. The number of ether oxygens (including phenoxy) is 4. The van der Waals surface area contributed by atoms with Crippen LogP contribution in [0.2, 0.25) is 5.02 Å². The van der Waals surface area contributed by atoms with Crippen LogP contribution in [0.3, 0.4) is 0 Å². The lowest BCUT2D eigenvalue weighted by atomic mass is 9.95. The fraction of sp³-hybridized carbons (Fsp3) is 0.156. The van der Waals surface area contributed by atoms with Crippen molar-refractivity contribution in [3.8, 4) is 28.4 Å². The number of hydrogen-bond acceptors (Lipinski definition) is 7. The number of pyridine rings is 2. The summed E-state index contributed by atoms with van der Waals surface area (Å²) in [6, 6.07) is 21.9. The van der Waals surface area contributed by atoms with Gasteiger partial charge < -0.3 is 18.9 Å². The van der Waals surface area contributed by atoms with Crippen LogP contribution in [-0.2, 0) is 17.9 Å². The summed E-state index contributed by atoms with van der Waals surface area (Å²) in [5.74, 6) is 0.529. The molecule has 0 unspecified atom stereocenters. The first-order valence-electron chi connectivity index (χ1n) is 12.7. The maximum Gasteiger partial charge on any atom is 0.355 e. The summed E-state index contributed by atoms with van der Waals surface area (Å²) in [6.07, 6.45) is 3.26. The molecule has 2 aromatic heterocycles. The molecular weight excluding hydrogens is 544 g/mol. The molecule has 2 heterocycles. The quantitative estimate of drug-likeness (QED) is 0.196. The van der Waals surface area contributed by atoms with Crippen LogP contribution >= 0.6 is 11.6 Å². The Kier molecular flexibility index (Phi) is 8.21. The van der Waals surface area contributed by atoms with Gasteiger partial charge in [-0.3, -0.25) is 14.3 Å². The van der Waals surface area contributed by atoms with Crippen LogP contribution < -0.4 is 19.8 Å². The highest BCUT2D eigenvalue weighted by molar-refractivity contribution is 6.33. The van der Waals surface area contributed by atoms with Gasteiger partial charge in [0.2, 0.25) is 0 Å². The molecule has 0 amide bonds. The van der Waals surface area contributed by atoms with E-state index in [2.05, 4.69) is 4.98 Å². The van der Waals surface area contributed by atoms with E-state index in [4.69, 9.17) is 30.5 Å². The van der Waals surface area contributed by atoms with Gasteiger partial charge in [-0.1, -0.05) is 41.9 Å². The molecule has 0 spiro atoms. The minimum absolute atomic E-state index is 0.0752. The van der Waals surface area contributed by atoms with E-state index in [1.807, 2.05) is 30.3 Å². The van der Waals surface area contributed by atoms with Crippen molar-refractivity contribution < 1.29 is 23.7 Å². The van der Waals surface area contributed by atoms with Gasteiger partial charge in [0.15, 0.2) is 0 Å². The zero-order valence-electron chi connectivity index (χ0n) is 22.7. The number of esters is 1. The van der Waals surface area contributed by atoms with E-state index in [0.29, 0.717) is 45.8 Å². The Morgan fingerprint density at radius 1 is 0.854 bits per heavy atom. The van der Waals surface area contributed by atoms with E-state index in [-0.39, 0.29) is 22.8 Å². The van der Waals surface area contributed by atoms with Crippen molar-refractivity contribution in [2.75, 3.05) is 21.3 Å². The van der Waals surface area contributed by atoms with Crippen LogP contribution in [-0.4, -0.2) is 36.8 Å². The summed E-state index contributed by atoms with van der Waals surface area (Å²) in [5, 5.41) is 1.17. The van der Waals surface area contributed by atoms with Crippen LogP contribution in [0.4, 0.5) is 0 Å². The molecule has 41 heavy (non-hydrogen) atoms.